The van der Waals surface area contributed by atoms with Gasteiger partial charge in [-0.2, -0.15) is 0 Å². The van der Waals surface area contributed by atoms with Crippen LogP contribution < -0.4 is 4.90 Å². The van der Waals surface area contributed by atoms with Gasteiger partial charge in [0.2, 0.25) is 5.13 Å². The van der Waals surface area contributed by atoms with Gasteiger partial charge in [-0.25, -0.2) is 0 Å². The first-order valence-electron chi connectivity index (χ1n) is 6.50. The van der Waals surface area contributed by atoms with E-state index >= 15 is 0 Å². The van der Waals surface area contributed by atoms with Crippen LogP contribution >= 0.6 is 11.3 Å². The Morgan fingerprint density at radius 2 is 1.94 bits per heavy atom. The number of piperazine rings is 1. The lowest BCUT2D eigenvalue weighted by molar-refractivity contribution is 0.144. The first-order valence-corrected chi connectivity index (χ1v) is 7.32. The van der Waals surface area contributed by atoms with E-state index in [4.69, 9.17) is 4.74 Å². The van der Waals surface area contributed by atoms with E-state index in [0.29, 0.717) is 5.92 Å². The maximum atomic E-state index is 5.11. The van der Waals surface area contributed by atoms with Crippen LogP contribution in [0, 0.1) is 0 Å². The molecule has 18 heavy (non-hydrogen) atoms. The molecule has 2 rings (SSSR count). The van der Waals surface area contributed by atoms with E-state index in [1.165, 1.54) is 0 Å². The van der Waals surface area contributed by atoms with Gasteiger partial charge in [0.1, 0.15) is 5.01 Å². The van der Waals surface area contributed by atoms with Crippen LogP contribution in [-0.2, 0) is 4.74 Å². The summed E-state index contributed by atoms with van der Waals surface area (Å²) in [5.74, 6) is 0.472. The molecular formula is C12H22N4OS. The van der Waals surface area contributed by atoms with Crippen LogP contribution in [0.15, 0.2) is 0 Å². The maximum absolute atomic E-state index is 5.11. The Kier molecular flexibility index (Phi) is 4.91. The van der Waals surface area contributed by atoms with Crippen LogP contribution in [-0.4, -0.2) is 61.5 Å². The number of methoxy groups -OCH3 is 1. The van der Waals surface area contributed by atoms with Crippen molar-refractivity contribution in [2.45, 2.75) is 19.8 Å². The minimum absolute atomic E-state index is 0.472. The summed E-state index contributed by atoms with van der Waals surface area (Å²) >= 11 is 1.73. The molecule has 0 bridgehead atoms. The lowest BCUT2D eigenvalue weighted by atomic mass is 10.2. The van der Waals surface area contributed by atoms with Gasteiger partial charge in [0, 0.05) is 45.8 Å². The first kappa shape index (κ1) is 13.7. The number of aromatic nitrogens is 2. The first-order chi connectivity index (χ1) is 8.70. The highest BCUT2D eigenvalue weighted by Gasteiger charge is 2.20. The van der Waals surface area contributed by atoms with Crippen molar-refractivity contribution in [3.63, 3.8) is 0 Å². The van der Waals surface area contributed by atoms with Crippen molar-refractivity contribution >= 4 is 16.5 Å². The fraction of sp³-hybridized carbons (Fsp3) is 0.833. The molecule has 102 valence electrons. The summed E-state index contributed by atoms with van der Waals surface area (Å²) < 4.78 is 5.11. The van der Waals surface area contributed by atoms with Crippen molar-refractivity contribution < 1.29 is 4.74 Å². The standard InChI is InChI=1S/C12H22N4OS/c1-10(2)11-13-14-12(18-11)16-6-4-15(5-7-16)8-9-17-3/h10H,4-9H2,1-3H3. The summed E-state index contributed by atoms with van der Waals surface area (Å²) in [7, 11) is 1.75. The summed E-state index contributed by atoms with van der Waals surface area (Å²) in [6, 6.07) is 0. The second-order valence-corrected chi connectivity index (χ2v) is 5.89. The fourth-order valence-corrected chi connectivity index (χ4v) is 2.87. The van der Waals surface area contributed by atoms with Crippen molar-refractivity contribution in [3.8, 4) is 0 Å². The molecule has 6 heteroatoms. The van der Waals surface area contributed by atoms with E-state index in [0.717, 1.165) is 49.5 Å². The monoisotopic (exact) mass is 270 g/mol. The highest BCUT2D eigenvalue weighted by Crippen LogP contribution is 2.26. The van der Waals surface area contributed by atoms with Crippen molar-refractivity contribution in [2.75, 3.05) is 51.3 Å². The second kappa shape index (κ2) is 6.45. The maximum Gasteiger partial charge on any atom is 0.208 e. The molecular weight excluding hydrogens is 248 g/mol. The van der Waals surface area contributed by atoms with Gasteiger partial charge in [0.15, 0.2) is 0 Å². The smallest absolute Gasteiger partial charge is 0.208 e. The molecule has 1 aromatic rings. The molecule has 0 unspecified atom stereocenters. The minimum atomic E-state index is 0.472. The van der Waals surface area contributed by atoms with Gasteiger partial charge in [-0.3, -0.25) is 4.90 Å². The number of anilines is 1. The Morgan fingerprint density at radius 3 is 2.50 bits per heavy atom. The highest BCUT2D eigenvalue weighted by molar-refractivity contribution is 7.15. The van der Waals surface area contributed by atoms with Crippen LogP contribution in [0.3, 0.4) is 0 Å². The summed E-state index contributed by atoms with van der Waals surface area (Å²) in [5.41, 5.74) is 0. The molecule has 1 aliphatic heterocycles. The van der Waals surface area contributed by atoms with Gasteiger partial charge in [-0.05, 0) is 0 Å². The van der Waals surface area contributed by atoms with Gasteiger partial charge < -0.3 is 9.64 Å². The number of hydrogen-bond donors (Lipinski definition) is 0. The molecule has 1 aromatic heterocycles. The van der Waals surface area contributed by atoms with E-state index in [9.17, 15) is 0 Å². The van der Waals surface area contributed by atoms with E-state index in [1.54, 1.807) is 18.4 Å². The van der Waals surface area contributed by atoms with Crippen molar-refractivity contribution in [1.29, 1.82) is 0 Å². The highest BCUT2D eigenvalue weighted by atomic mass is 32.1. The van der Waals surface area contributed by atoms with Crippen molar-refractivity contribution in [1.82, 2.24) is 15.1 Å². The molecule has 1 fully saturated rings. The van der Waals surface area contributed by atoms with E-state index in [1.807, 2.05) is 0 Å². The lowest BCUT2D eigenvalue weighted by Gasteiger charge is -2.34. The van der Waals surface area contributed by atoms with Crippen LogP contribution in [0.4, 0.5) is 5.13 Å². The molecule has 0 amide bonds. The van der Waals surface area contributed by atoms with E-state index < -0.39 is 0 Å². The predicted molar refractivity (Wildman–Crippen MR) is 74.5 cm³/mol. The Morgan fingerprint density at radius 1 is 1.22 bits per heavy atom. The number of ether oxygens (including phenoxy) is 1. The van der Waals surface area contributed by atoms with Gasteiger partial charge in [0.25, 0.3) is 0 Å². The summed E-state index contributed by atoms with van der Waals surface area (Å²) in [6.07, 6.45) is 0. The second-order valence-electron chi connectivity index (χ2n) is 4.90. The molecule has 0 atom stereocenters. The molecule has 1 aliphatic rings. The lowest BCUT2D eigenvalue weighted by Crippen LogP contribution is -2.47. The Labute approximate surface area is 113 Å². The SMILES string of the molecule is COCCN1CCN(c2nnc(C(C)C)s2)CC1. The number of rotatable bonds is 5. The predicted octanol–water partition coefficient (Wildman–Crippen LogP) is 1.43. The van der Waals surface area contributed by atoms with Crippen LogP contribution in [0.5, 0.6) is 0 Å². The zero-order valence-electron chi connectivity index (χ0n) is 11.4. The largest absolute Gasteiger partial charge is 0.383 e. The molecule has 2 heterocycles. The third-order valence-electron chi connectivity index (χ3n) is 3.18. The minimum Gasteiger partial charge on any atom is -0.383 e. The molecule has 0 spiro atoms. The number of hydrogen-bond acceptors (Lipinski definition) is 6. The summed E-state index contributed by atoms with van der Waals surface area (Å²) in [6.45, 7) is 10.4. The third kappa shape index (κ3) is 3.40. The molecule has 0 N–H and O–H groups in total. The molecule has 5 nitrogen and oxygen atoms in total. The van der Waals surface area contributed by atoms with Gasteiger partial charge in [-0.15, -0.1) is 10.2 Å². The van der Waals surface area contributed by atoms with Crippen LogP contribution in [0.1, 0.15) is 24.8 Å². The van der Waals surface area contributed by atoms with Crippen molar-refractivity contribution in [3.05, 3.63) is 5.01 Å². The average Bonchev–Trinajstić information content (AvgIpc) is 2.87. The molecule has 0 radical (unpaired) electrons. The third-order valence-corrected chi connectivity index (χ3v) is 4.46. The summed E-state index contributed by atoms with van der Waals surface area (Å²) in [5, 5.41) is 10.8. The van der Waals surface area contributed by atoms with Gasteiger partial charge >= 0.3 is 0 Å². The van der Waals surface area contributed by atoms with E-state index in [2.05, 4.69) is 33.8 Å². The Hall–Kier alpha value is -0.720. The van der Waals surface area contributed by atoms with E-state index in [-0.39, 0.29) is 0 Å². The molecule has 1 saturated heterocycles. The van der Waals surface area contributed by atoms with Crippen LogP contribution in [0.25, 0.3) is 0 Å². The molecule has 0 aromatic carbocycles. The number of nitrogens with zero attached hydrogens (tertiary/aromatic N) is 4. The molecule has 0 saturated carbocycles. The van der Waals surface area contributed by atoms with Gasteiger partial charge in [-0.1, -0.05) is 25.2 Å². The topological polar surface area (TPSA) is 41.5 Å². The molecule has 0 aliphatic carbocycles. The normalized spacial score (nSPS) is 17.7. The van der Waals surface area contributed by atoms with Crippen molar-refractivity contribution in [2.24, 2.45) is 0 Å². The van der Waals surface area contributed by atoms with Crippen LogP contribution in [0.2, 0.25) is 0 Å². The average molecular weight is 270 g/mol. The zero-order chi connectivity index (χ0) is 13.0. The summed E-state index contributed by atoms with van der Waals surface area (Å²) in [4.78, 5) is 4.78. The zero-order valence-corrected chi connectivity index (χ0v) is 12.2. The van der Waals surface area contributed by atoms with Gasteiger partial charge in [0.05, 0.1) is 6.61 Å². The Bertz CT molecular complexity index is 361. The Balaban J connectivity index is 1.85. The fourth-order valence-electron chi connectivity index (χ4n) is 1.97. The quantitative estimate of drug-likeness (QED) is 0.809.